The number of β-amino-alcohol motifs (C(OH)–C–C–N with tert-alkyl or cyclic N) is 1. The first-order valence-electron chi connectivity index (χ1n) is 9.40. The Morgan fingerprint density at radius 1 is 1.17 bits per heavy atom. The number of hydrogen-bond donors (Lipinski definition) is 1. The van der Waals surface area contributed by atoms with Crippen molar-refractivity contribution in [2.45, 2.75) is 57.6 Å². The standard InChI is InChI=1S/C20H30N2O2/c1-16-7-5-8-17(13-16)19-9-3-2-4-11-21(19)14-18(23)15-22-12-6-10-20(22)24/h5,7-8,13,18-19,23H,2-4,6,9-12,14-15H2,1H3. The quantitative estimate of drug-likeness (QED) is 0.903. The van der Waals surface area contributed by atoms with E-state index in [1.54, 1.807) is 0 Å². The molecule has 2 heterocycles. The van der Waals surface area contributed by atoms with Gasteiger partial charge in [0, 0.05) is 32.1 Å². The first-order chi connectivity index (χ1) is 11.6. The van der Waals surface area contributed by atoms with E-state index < -0.39 is 6.10 Å². The number of aliphatic hydroxyl groups excluding tert-OH is 1. The van der Waals surface area contributed by atoms with Gasteiger partial charge >= 0.3 is 0 Å². The van der Waals surface area contributed by atoms with Crippen molar-refractivity contribution in [2.24, 2.45) is 0 Å². The number of carbonyl (C=O) groups is 1. The van der Waals surface area contributed by atoms with Crippen LogP contribution in [0.2, 0.25) is 0 Å². The first kappa shape index (κ1) is 17.4. The normalized spacial score (nSPS) is 24.2. The Hall–Kier alpha value is -1.39. The zero-order valence-electron chi connectivity index (χ0n) is 14.8. The van der Waals surface area contributed by atoms with Gasteiger partial charge in [-0.1, -0.05) is 42.7 Å². The molecule has 2 fully saturated rings. The van der Waals surface area contributed by atoms with Crippen LogP contribution in [0, 0.1) is 6.92 Å². The van der Waals surface area contributed by atoms with Gasteiger partial charge in [-0.25, -0.2) is 0 Å². The Morgan fingerprint density at radius 2 is 2.04 bits per heavy atom. The molecule has 24 heavy (non-hydrogen) atoms. The van der Waals surface area contributed by atoms with Crippen LogP contribution >= 0.6 is 0 Å². The van der Waals surface area contributed by atoms with E-state index in [1.165, 1.54) is 30.4 Å². The van der Waals surface area contributed by atoms with Crippen LogP contribution in [-0.4, -0.2) is 53.1 Å². The second kappa shape index (κ2) is 8.13. The van der Waals surface area contributed by atoms with Crippen LogP contribution in [0.5, 0.6) is 0 Å². The molecule has 1 amide bonds. The lowest BCUT2D eigenvalue weighted by atomic mass is 9.99. The zero-order chi connectivity index (χ0) is 16.9. The molecule has 0 aromatic heterocycles. The molecular weight excluding hydrogens is 300 g/mol. The van der Waals surface area contributed by atoms with Crippen molar-refractivity contribution in [3.05, 3.63) is 35.4 Å². The highest BCUT2D eigenvalue weighted by Crippen LogP contribution is 2.30. The highest BCUT2D eigenvalue weighted by Gasteiger charge is 2.27. The van der Waals surface area contributed by atoms with E-state index in [-0.39, 0.29) is 5.91 Å². The molecule has 2 aliphatic rings. The van der Waals surface area contributed by atoms with Gasteiger partial charge in [-0.2, -0.15) is 0 Å². The minimum absolute atomic E-state index is 0.195. The summed E-state index contributed by atoms with van der Waals surface area (Å²) >= 11 is 0. The smallest absolute Gasteiger partial charge is 0.222 e. The van der Waals surface area contributed by atoms with Gasteiger partial charge in [0.05, 0.1) is 6.10 Å². The van der Waals surface area contributed by atoms with Crippen molar-refractivity contribution in [1.29, 1.82) is 0 Å². The summed E-state index contributed by atoms with van der Waals surface area (Å²) in [6.45, 7) is 5.11. The molecule has 1 aromatic carbocycles. The monoisotopic (exact) mass is 330 g/mol. The summed E-state index contributed by atoms with van der Waals surface area (Å²) < 4.78 is 0. The fourth-order valence-electron chi connectivity index (χ4n) is 4.12. The maximum Gasteiger partial charge on any atom is 0.222 e. The number of amides is 1. The fraction of sp³-hybridized carbons (Fsp3) is 0.650. The minimum atomic E-state index is -0.461. The highest BCUT2D eigenvalue weighted by molar-refractivity contribution is 5.78. The largest absolute Gasteiger partial charge is 0.390 e. The second-order valence-corrected chi connectivity index (χ2v) is 7.37. The summed E-state index contributed by atoms with van der Waals surface area (Å²) in [6, 6.07) is 9.15. The molecule has 2 saturated heterocycles. The van der Waals surface area contributed by atoms with Crippen molar-refractivity contribution >= 4 is 5.91 Å². The Balaban J connectivity index is 1.67. The minimum Gasteiger partial charge on any atom is -0.390 e. The van der Waals surface area contributed by atoms with Crippen LogP contribution in [0.1, 0.15) is 55.7 Å². The number of nitrogens with zero attached hydrogens (tertiary/aromatic N) is 2. The van der Waals surface area contributed by atoms with E-state index in [2.05, 4.69) is 36.1 Å². The molecular formula is C20H30N2O2. The van der Waals surface area contributed by atoms with E-state index in [0.29, 0.717) is 25.6 Å². The van der Waals surface area contributed by atoms with Crippen LogP contribution in [0.15, 0.2) is 24.3 Å². The molecule has 0 aliphatic carbocycles. The third-order valence-electron chi connectivity index (χ3n) is 5.34. The van der Waals surface area contributed by atoms with E-state index in [1.807, 2.05) is 4.90 Å². The molecule has 4 nitrogen and oxygen atoms in total. The van der Waals surface area contributed by atoms with Crippen molar-refractivity contribution in [3.63, 3.8) is 0 Å². The second-order valence-electron chi connectivity index (χ2n) is 7.37. The Kier molecular flexibility index (Phi) is 5.90. The molecule has 4 heteroatoms. The lowest BCUT2D eigenvalue weighted by Crippen LogP contribution is -2.42. The molecule has 3 rings (SSSR count). The predicted molar refractivity (Wildman–Crippen MR) is 95.8 cm³/mol. The SMILES string of the molecule is Cc1cccc(C2CCCCCN2CC(O)CN2CCCC2=O)c1. The van der Waals surface area contributed by atoms with Crippen LogP contribution in [0.3, 0.4) is 0 Å². The van der Waals surface area contributed by atoms with Gasteiger partial charge in [-0.3, -0.25) is 9.69 Å². The van der Waals surface area contributed by atoms with Gasteiger partial charge in [-0.15, -0.1) is 0 Å². The van der Waals surface area contributed by atoms with Crippen molar-refractivity contribution < 1.29 is 9.90 Å². The van der Waals surface area contributed by atoms with Crippen LogP contribution in [0.25, 0.3) is 0 Å². The zero-order valence-corrected chi connectivity index (χ0v) is 14.8. The summed E-state index contributed by atoms with van der Waals surface area (Å²) in [5.74, 6) is 0.195. The van der Waals surface area contributed by atoms with Crippen LogP contribution in [0.4, 0.5) is 0 Å². The predicted octanol–water partition coefficient (Wildman–Crippen LogP) is 2.90. The third-order valence-corrected chi connectivity index (χ3v) is 5.34. The molecule has 2 atom stereocenters. The molecule has 132 valence electrons. The van der Waals surface area contributed by atoms with Crippen molar-refractivity contribution in [1.82, 2.24) is 9.80 Å². The molecule has 0 radical (unpaired) electrons. The number of benzene rings is 1. The Morgan fingerprint density at radius 3 is 2.79 bits per heavy atom. The fourth-order valence-corrected chi connectivity index (χ4v) is 4.12. The number of carbonyl (C=O) groups excluding carboxylic acids is 1. The average molecular weight is 330 g/mol. The van der Waals surface area contributed by atoms with Gasteiger partial charge in [0.2, 0.25) is 5.91 Å². The number of rotatable bonds is 5. The molecule has 0 saturated carbocycles. The highest BCUT2D eigenvalue weighted by atomic mass is 16.3. The number of aryl methyl sites for hydroxylation is 1. The van der Waals surface area contributed by atoms with E-state index in [4.69, 9.17) is 0 Å². The van der Waals surface area contributed by atoms with Gasteiger partial charge in [0.1, 0.15) is 0 Å². The van der Waals surface area contributed by atoms with Gasteiger partial charge in [0.15, 0.2) is 0 Å². The summed E-state index contributed by atoms with van der Waals surface area (Å²) in [4.78, 5) is 16.0. The van der Waals surface area contributed by atoms with Crippen LogP contribution < -0.4 is 0 Å². The molecule has 1 aromatic rings. The topological polar surface area (TPSA) is 43.8 Å². The molecule has 1 N–H and O–H groups in total. The number of aliphatic hydroxyl groups is 1. The van der Waals surface area contributed by atoms with Gasteiger partial charge in [-0.05, 0) is 38.3 Å². The van der Waals surface area contributed by atoms with Gasteiger partial charge in [0.25, 0.3) is 0 Å². The summed E-state index contributed by atoms with van der Waals surface area (Å²) in [6.07, 6.45) is 5.97. The van der Waals surface area contributed by atoms with E-state index in [0.717, 1.165) is 25.9 Å². The Bertz CT molecular complexity index is 560. The maximum absolute atomic E-state index is 11.8. The van der Waals surface area contributed by atoms with E-state index in [9.17, 15) is 9.90 Å². The Labute approximate surface area is 145 Å². The molecule has 0 bridgehead atoms. The van der Waals surface area contributed by atoms with Gasteiger partial charge < -0.3 is 10.0 Å². The molecule has 0 spiro atoms. The number of likely N-dealkylation sites (tertiary alicyclic amines) is 2. The third kappa shape index (κ3) is 4.37. The lowest BCUT2D eigenvalue weighted by Gasteiger charge is -2.33. The average Bonchev–Trinajstić information content (AvgIpc) is 2.82. The summed E-state index contributed by atoms with van der Waals surface area (Å²) in [5.41, 5.74) is 2.65. The van der Waals surface area contributed by atoms with Crippen LogP contribution in [-0.2, 0) is 4.79 Å². The van der Waals surface area contributed by atoms with Crippen molar-refractivity contribution in [2.75, 3.05) is 26.2 Å². The van der Waals surface area contributed by atoms with E-state index >= 15 is 0 Å². The first-order valence-corrected chi connectivity index (χ1v) is 9.40. The lowest BCUT2D eigenvalue weighted by molar-refractivity contribution is -0.129. The summed E-state index contributed by atoms with van der Waals surface area (Å²) in [7, 11) is 0. The number of hydrogen-bond acceptors (Lipinski definition) is 3. The molecule has 2 unspecified atom stereocenters. The van der Waals surface area contributed by atoms with Crippen molar-refractivity contribution in [3.8, 4) is 0 Å². The summed E-state index contributed by atoms with van der Waals surface area (Å²) in [5, 5.41) is 10.6. The molecule has 2 aliphatic heterocycles. The maximum atomic E-state index is 11.8.